The van der Waals surface area contributed by atoms with Gasteiger partial charge in [0, 0.05) is 10.0 Å². The second-order valence-corrected chi connectivity index (χ2v) is 6.93. The Morgan fingerprint density at radius 3 is 2.56 bits per heavy atom. The molecule has 0 saturated carbocycles. The Morgan fingerprint density at radius 1 is 1.33 bits per heavy atom. The van der Waals surface area contributed by atoms with Crippen molar-refractivity contribution in [1.82, 2.24) is 5.32 Å². The molecule has 1 rings (SSSR count). The zero-order valence-corrected chi connectivity index (χ0v) is 13.3. The van der Waals surface area contributed by atoms with Gasteiger partial charge in [0.1, 0.15) is 5.82 Å². The second kappa shape index (κ2) is 6.67. The predicted molar refractivity (Wildman–Crippen MR) is 79.3 cm³/mol. The maximum atomic E-state index is 13.7. The summed E-state index contributed by atoms with van der Waals surface area (Å²) >= 11 is 3.28. The van der Waals surface area contributed by atoms with E-state index in [0.717, 1.165) is 29.4 Å². The van der Waals surface area contributed by atoms with Crippen LogP contribution in [0.5, 0.6) is 0 Å². The fourth-order valence-corrected chi connectivity index (χ4v) is 2.19. The third-order valence-electron chi connectivity index (χ3n) is 2.88. The summed E-state index contributed by atoms with van der Waals surface area (Å²) in [4.78, 5) is 0. The number of rotatable bonds is 5. The topological polar surface area (TPSA) is 12.0 Å². The van der Waals surface area contributed by atoms with Gasteiger partial charge in [0.25, 0.3) is 0 Å². The molecule has 3 heteroatoms. The molecule has 1 aromatic rings. The molecular formula is C15H23BrFN. The van der Waals surface area contributed by atoms with Gasteiger partial charge >= 0.3 is 0 Å². The molecule has 0 fully saturated rings. The van der Waals surface area contributed by atoms with Gasteiger partial charge in [0.15, 0.2) is 0 Å². The van der Waals surface area contributed by atoms with Crippen molar-refractivity contribution in [3.63, 3.8) is 0 Å². The first kappa shape index (κ1) is 15.6. The monoisotopic (exact) mass is 315 g/mol. The lowest BCUT2D eigenvalue weighted by Gasteiger charge is -2.22. The summed E-state index contributed by atoms with van der Waals surface area (Å²) in [6.45, 7) is 9.62. The van der Waals surface area contributed by atoms with Gasteiger partial charge in [0.05, 0.1) is 0 Å². The lowest BCUT2D eigenvalue weighted by atomic mass is 9.97. The standard InChI is InChI=1S/C15H23BrFN/c1-11(7-8-18-15(2,3)4)9-12-5-6-13(16)10-14(12)17/h5-6,10-11,18H,7-9H2,1-4H3. The van der Waals surface area contributed by atoms with Crippen LogP contribution in [-0.2, 0) is 6.42 Å². The number of halogens is 2. The molecule has 1 nitrogen and oxygen atoms in total. The first-order valence-corrected chi connectivity index (χ1v) is 7.26. The van der Waals surface area contributed by atoms with Gasteiger partial charge in [-0.3, -0.25) is 0 Å². The zero-order valence-electron chi connectivity index (χ0n) is 11.7. The van der Waals surface area contributed by atoms with Crippen molar-refractivity contribution < 1.29 is 4.39 Å². The summed E-state index contributed by atoms with van der Waals surface area (Å²) in [5, 5.41) is 3.46. The first-order chi connectivity index (χ1) is 8.28. The minimum atomic E-state index is -0.111. The van der Waals surface area contributed by atoms with Gasteiger partial charge in [-0.2, -0.15) is 0 Å². The van der Waals surface area contributed by atoms with E-state index in [4.69, 9.17) is 0 Å². The molecule has 0 radical (unpaired) electrons. The van der Waals surface area contributed by atoms with Crippen molar-refractivity contribution in [2.24, 2.45) is 5.92 Å². The van der Waals surface area contributed by atoms with Crippen LogP contribution in [0.2, 0.25) is 0 Å². The van der Waals surface area contributed by atoms with Crippen LogP contribution in [0.1, 0.15) is 39.7 Å². The quantitative estimate of drug-likeness (QED) is 0.840. The molecule has 18 heavy (non-hydrogen) atoms. The predicted octanol–water partition coefficient (Wildman–Crippen LogP) is 4.55. The average Bonchev–Trinajstić information content (AvgIpc) is 2.20. The van der Waals surface area contributed by atoms with Crippen LogP contribution in [0.4, 0.5) is 4.39 Å². The summed E-state index contributed by atoms with van der Waals surface area (Å²) < 4.78 is 14.5. The average molecular weight is 316 g/mol. The second-order valence-electron chi connectivity index (χ2n) is 6.01. The molecule has 0 aliphatic rings. The normalized spacial score (nSPS) is 13.7. The van der Waals surface area contributed by atoms with E-state index in [0.29, 0.717) is 5.92 Å². The van der Waals surface area contributed by atoms with E-state index in [2.05, 4.69) is 48.9 Å². The molecule has 0 aliphatic carbocycles. The molecule has 0 aromatic heterocycles. The van der Waals surface area contributed by atoms with Gasteiger partial charge in [-0.25, -0.2) is 4.39 Å². The highest BCUT2D eigenvalue weighted by atomic mass is 79.9. The Balaban J connectivity index is 2.42. The number of nitrogens with one attached hydrogen (secondary N) is 1. The van der Waals surface area contributed by atoms with E-state index in [1.165, 1.54) is 6.07 Å². The van der Waals surface area contributed by atoms with Crippen LogP contribution in [0, 0.1) is 11.7 Å². The number of benzene rings is 1. The molecule has 1 atom stereocenters. The third kappa shape index (κ3) is 5.96. The van der Waals surface area contributed by atoms with Gasteiger partial charge in [-0.1, -0.05) is 28.9 Å². The highest BCUT2D eigenvalue weighted by Crippen LogP contribution is 2.19. The van der Waals surface area contributed by atoms with Crippen LogP contribution in [0.3, 0.4) is 0 Å². The zero-order chi connectivity index (χ0) is 13.8. The molecule has 102 valence electrons. The largest absolute Gasteiger partial charge is 0.312 e. The lowest BCUT2D eigenvalue weighted by Crippen LogP contribution is -2.37. The molecule has 0 amide bonds. The SMILES string of the molecule is CC(CCNC(C)(C)C)Cc1ccc(Br)cc1F. The van der Waals surface area contributed by atoms with Crippen LogP contribution >= 0.6 is 15.9 Å². The van der Waals surface area contributed by atoms with Crippen molar-refractivity contribution in [2.45, 2.75) is 46.1 Å². The molecule has 1 unspecified atom stereocenters. The molecule has 0 spiro atoms. The molecule has 0 aliphatic heterocycles. The fraction of sp³-hybridized carbons (Fsp3) is 0.600. The van der Waals surface area contributed by atoms with Crippen molar-refractivity contribution >= 4 is 15.9 Å². The molecule has 0 bridgehead atoms. The molecule has 1 aromatic carbocycles. The minimum Gasteiger partial charge on any atom is -0.312 e. The van der Waals surface area contributed by atoms with Gasteiger partial charge in [-0.15, -0.1) is 0 Å². The highest BCUT2D eigenvalue weighted by Gasteiger charge is 2.11. The van der Waals surface area contributed by atoms with E-state index in [-0.39, 0.29) is 11.4 Å². The Kier molecular flexibility index (Phi) is 5.80. The van der Waals surface area contributed by atoms with Gasteiger partial charge < -0.3 is 5.32 Å². The van der Waals surface area contributed by atoms with Crippen molar-refractivity contribution in [2.75, 3.05) is 6.54 Å². The van der Waals surface area contributed by atoms with Gasteiger partial charge in [-0.05, 0) is 63.8 Å². The number of hydrogen-bond acceptors (Lipinski definition) is 1. The molecule has 1 N–H and O–H groups in total. The maximum Gasteiger partial charge on any atom is 0.127 e. The Morgan fingerprint density at radius 2 is 2.00 bits per heavy atom. The Hall–Kier alpha value is -0.410. The smallest absolute Gasteiger partial charge is 0.127 e. The number of hydrogen-bond donors (Lipinski definition) is 1. The summed E-state index contributed by atoms with van der Waals surface area (Å²) in [7, 11) is 0. The van der Waals surface area contributed by atoms with Crippen LogP contribution in [-0.4, -0.2) is 12.1 Å². The van der Waals surface area contributed by atoms with Crippen LogP contribution in [0.25, 0.3) is 0 Å². The summed E-state index contributed by atoms with van der Waals surface area (Å²) in [6, 6.07) is 5.31. The first-order valence-electron chi connectivity index (χ1n) is 6.47. The van der Waals surface area contributed by atoms with E-state index in [1.54, 1.807) is 0 Å². The summed E-state index contributed by atoms with van der Waals surface area (Å²) in [5.74, 6) is 0.371. The van der Waals surface area contributed by atoms with Crippen molar-refractivity contribution in [1.29, 1.82) is 0 Å². The van der Waals surface area contributed by atoms with E-state index in [1.807, 2.05) is 12.1 Å². The third-order valence-corrected chi connectivity index (χ3v) is 3.37. The van der Waals surface area contributed by atoms with Crippen molar-refractivity contribution in [3.05, 3.63) is 34.1 Å². The molecule has 0 heterocycles. The summed E-state index contributed by atoms with van der Waals surface area (Å²) in [5.41, 5.74) is 0.962. The fourth-order valence-electron chi connectivity index (χ4n) is 1.86. The highest BCUT2D eigenvalue weighted by molar-refractivity contribution is 9.10. The minimum absolute atomic E-state index is 0.111. The maximum absolute atomic E-state index is 13.7. The van der Waals surface area contributed by atoms with Crippen molar-refractivity contribution in [3.8, 4) is 0 Å². The van der Waals surface area contributed by atoms with Crippen LogP contribution < -0.4 is 5.32 Å². The van der Waals surface area contributed by atoms with Gasteiger partial charge in [0.2, 0.25) is 0 Å². The molecular weight excluding hydrogens is 293 g/mol. The van der Waals surface area contributed by atoms with Crippen LogP contribution in [0.15, 0.2) is 22.7 Å². The summed E-state index contributed by atoms with van der Waals surface area (Å²) in [6.07, 6.45) is 1.86. The van der Waals surface area contributed by atoms with E-state index >= 15 is 0 Å². The lowest BCUT2D eigenvalue weighted by molar-refractivity contribution is 0.392. The van der Waals surface area contributed by atoms with E-state index in [9.17, 15) is 4.39 Å². The molecule has 0 saturated heterocycles. The Labute approximate surface area is 118 Å². The Bertz CT molecular complexity index is 385. The van der Waals surface area contributed by atoms with E-state index < -0.39 is 0 Å².